The SMILES string of the molecule is CCCCN(CC(N)=O)c1ccc(C)cc1/C=C/C(=O)O. The number of amides is 1. The number of hydrogen-bond acceptors (Lipinski definition) is 3. The maximum Gasteiger partial charge on any atom is 0.328 e. The van der Waals surface area contributed by atoms with E-state index in [2.05, 4.69) is 6.92 Å². The second kappa shape index (κ2) is 8.09. The van der Waals surface area contributed by atoms with E-state index in [9.17, 15) is 9.59 Å². The lowest BCUT2D eigenvalue weighted by molar-refractivity contribution is -0.131. The number of benzene rings is 1. The summed E-state index contributed by atoms with van der Waals surface area (Å²) < 4.78 is 0. The van der Waals surface area contributed by atoms with Gasteiger partial charge in [-0.1, -0.05) is 25.0 Å². The van der Waals surface area contributed by atoms with Gasteiger partial charge in [0.2, 0.25) is 5.91 Å². The summed E-state index contributed by atoms with van der Waals surface area (Å²) in [5.74, 6) is -1.41. The number of primary amides is 1. The van der Waals surface area contributed by atoms with Gasteiger partial charge in [0.1, 0.15) is 0 Å². The number of aliphatic carboxylic acids is 1. The Labute approximate surface area is 125 Å². The summed E-state index contributed by atoms with van der Waals surface area (Å²) in [6.45, 7) is 4.84. The molecule has 0 saturated heterocycles. The van der Waals surface area contributed by atoms with Crippen LogP contribution in [0.2, 0.25) is 0 Å². The molecule has 5 heteroatoms. The maximum atomic E-state index is 11.3. The van der Waals surface area contributed by atoms with Gasteiger partial charge in [0, 0.05) is 18.3 Å². The minimum Gasteiger partial charge on any atom is -0.478 e. The van der Waals surface area contributed by atoms with Gasteiger partial charge in [0.05, 0.1) is 6.54 Å². The zero-order chi connectivity index (χ0) is 15.8. The van der Waals surface area contributed by atoms with Crippen LogP contribution in [0.5, 0.6) is 0 Å². The largest absolute Gasteiger partial charge is 0.478 e. The molecule has 0 spiro atoms. The van der Waals surface area contributed by atoms with Crippen molar-refractivity contribution in [3.8, 4) is 0 Å². The molecule has 0 atom stereocenters. The Kier molecular flexibility index (Phi) is 6.46. The van der Waals surface area contributed by atoms with Crippen molar-refractivity contribution in [3.05, 3.63) is 35.4 Å². The Balaban J connectivity index is 3.15. The number of hydrogen-bond donors (Lipinski definition) is 2. The molecular formula is C16H22N2O3. The molecule has 1 aromatic carbocycles. The van der Waals surface area contributed by atoms with E-state index in [1.54, 1.807) is 6.08 Å². The number of carbonyl (C=O) groups is 2. The normalized spacial score (nSPS) is 10.8. The number of nitrogens with two attached hydrogens (primary N) is 1. The van der Waals surface area contributed by atoms with E-state index in [-0.39, 0.29) is 6.54 Å². The Morgan fingerprint density at radius 3 is 2.67 bits per heavy atom. The van der Waals surface area contributed by atoms with Crippen LogP contribution in [0, 0.1) is 6.92 Å². The molecule has 0 aliphatic heterocycles. The van der Waals surface area contributed by atoms with E-state index in [0.717, 1.165) is 35.7 Å². The van der Waals surface area contributed by atoms with Crippen molar-refractivity contribution in [2.45, 2.75) is 26.7 Å². The van der Waals surface area contributed by atoms with E-state index in [1.165, 1.54) is 0 Å². The van der Waals surface area contributed by atoms with E-state index in [0.29, 0.717) is 6.54 Å². The fraction of sp³-hybridized carbons (Fsp3) is 0.375. The summed E-state index contributed by atoms with van der Waals surface area (Å²) in [5, 5.41) is 8.79. The van der Waals surface area contributed by atoms with Gasteiger partial charge in [0.25, 0.3) is 0 Å². The number of carboxylic acids is 1. The van der Waals surface area contributed by atoms with Gasteiger partial charge in [-0.3, -0.25) is 4.79 Å². The molecular weight excluding hydrogens is 268 g/mol. The van der Waals surface area contributed by atoms with Crippen LogP contribution in [0.1, 0.15) is 30.9 Å². The zero-order valence-electron chi connectivity index (χ0n) is 12.5. The molecule has 0 fully saturated rings. The molecule has 1 aromatic rings. The van der Waals surface area contributed by atoms with Gasteiger partial charge >= 0.3 is 5.97 Å². The van der Waals surface area contributed by atoms with Crippen molar-refractivity contribution in [2.24, 2.45) is 5.73 Å². The van der Waals surface area contributed by atoms with Crippen LogP contribution in [0.15, 0.2) is 24.3 Å². The quantitative estimate of drug-likeness (QED) is 0.719. The van der Waals surface area contributed by atoms with Gasteiger partial charge in [0.15, 0.2) is 0 Å². The predicted octanol–water partition coefficient (Wildman–Crippen LogP) is 2.18. The minimum atomic E-state index is -1.00. The average Bonchev–Trinajstić information content (AvgIpc) is 2.41. The van der Waals surface area contributed by atoms with E-state index >= 15 is 0 Å². The first-order chi connectivity index (χ1) is 9.93. The van der Waals surface area contributed by atoms with Crippen LogP contribution in [0.3, 0.4) is 0 Å². The third-order valence-corrected chi connectivity index (χ3v) is 3.06. The summed E-state index contributed by atoms with van der Waals surface area (Å²) in [5.41, 5.74) is 7.94. The number of rotatable bonds is 8. The van der Waals surface area contributed by atoms with Crippen LogP contribution < -0.4 is 10.6 Å². The third kappa shape index (κ3) is 5.69. The highest BCUT2D eigenvalue weighted by Gasteiger charge is 2.12. The Morgan fingerprint density at radius 2 is 2.10 bits per heavy atom. The molecule has 0 heterocycles. The first-order valence-corrected chi connectivity index (χ1v) is 6.99. The summed E-state index contributed by atoms with van der Waals surface area (Å²) in [7, 11) is 0. The van der Waals surface area contributed by atoms with Crippen molar-refractivity contribution in [1.82, 2.24) is 0 Å². The number of aryl methyl sites for hydroxylation is 1. The highest BCUT2D eigenvalue weighted by Crippen LogP contribution is 2.24. The van der Waals surface area contributed by atoms with Crippen molar-refractivity contribution in [1.29, 1.82) is 0 Å². The van der Waals surface area contributed by atoms with Crippen LogP contribution >= 0.6 is 0 Å². The Morgan fingerprint density at radius 1 is 1.38 bits per heavy atom. The number of carboxylic acid groups (broad SMARTS) is 1. The Bertz CT molecular complexity index is 538. The molecule has 5 nitrogen and oxygen atoms in total. The van der Waals surface area contributed by atoms with Gasteiger partial charge in [-0.25, -0.2) is 4.79 Å². The van der Waals surface area contributed by atoms with Gasteiger partial charge in [-0.15, -0.1) is 0 Å². The molecule has 3 N–H and O–H groups in total. The molecule has 1 rings (SSSR count). The summed E-state index contributed by atoms with van der Waals surface area (Å²) in [6.07, 6.45) is 4.58. The highest BCUT2D eigenvalue weighted by atomic mass is 16.4. The Hall–Kier alpha value is -2.30. The second-order valence-electron chi connectivity index (χ2n) is 4.98. The molecule has 0 bridgehead atoms. The first kappa shape index (κ1) is 16.8. The molecule has 21 heavy (non-hydrogen) atoms. The third-order valence-electron chi connectivity index (χ3n) is 3.06. The molecule has 0 saturated carbocycles. The highest BCUT2D eigenvalue weighted by molar-refractivity contribution is 5.88. The molecule has 0 aliphatic rings. The lowest BCUT2D eigenvalue weighted by Crippen LogP contribution is -2.35. The van der Waals surface area contributed by atoms with Gasteiger partial charge in [-0.05, 0) is 37.1 Å². The molecule has 0 aromatic heterocycles. The molecule has 0 aliphatic carbocycles. The van der Waals surface area contributed by atoms with Gasteiger partial charge in [-0.2, -0.15) is 0 Å². The minimum absolute atomic E-state index is 0.122. The number of unbranched alkanes of at least 4 members (excludes halogenated alkanes) is 1. The molecule has 0 radical (unpaired) electrons. The lowest BCUT2D eigenvalue weighted by Gasteiger charge is -2.25. The summed E-state index contributed by atoms with van der Waals surface area (Å²) in [4.78, 5) is 23.9. The van der Waals surface area contributed by atoms with Crippen LogP contribution in [0.4, 0.5) is 5.69 Å². The number of anilines is 1. The number of nitrogens with zero attached hydrogens (tertiary/aromatic N) is 1. The van der Waals surface area contributed by atoms with Crippen molar-refractivity contribution >= 4 is 23.6 Å². The van der Waals surface area contributed by atoms with Crippen molar-refractivity contribution in [3.63, 3.8) is 0 Å². The monoisotopic (exact) mass is 290 g/mol. The summed E-state index contributed by atoms with van der Waals surface area (Å²) >= 11 is 0. The fourth-order valence-corrected chi connectivity index (χ4v) is 2.08. The lowest BCUT2D eigenvalue weighted by atomic mass is 10.1. The van der Waals surface area contributed by atoms with E-state index < -0.39 is 11.9 Å². The van der Waals surface area contributed by atoms with Crippen LogP contribution in [-0.4, -0.2) is 30.1 Å². The topological polar surface area (TPSA) is 83.6 Å². The smallest absolute Gasteiger partial charge is 0.328 e. The summed E-state index contributed by atoms with van der Waals surface area (Å²) in [6, 6.07) is 5.73. The molecule has 1 amide bonds. The second-order valence-corrected chi connectivity index (χ2v) is 4.98. The first-order valence-electron chi connectivity index (χ1n) is 6.99. The van der Waals surface area contributed by atoms with Crippen molar-refractivity contribution < 1.29 is 14.7 Å². The van der Waals surface area contributed by atoms with E-state index in [4.69, 9.17) is 10.8 Å². The zero-order valence-corrected chi connectivity index (χ0v) is 12.5. The van der Waals surface area contributed by atoms with Gasteiger partial charge < -0.3 is 15.7 Å². The standard InChI is InChI=1S/C16H22N2O3/c1-3-4-9-18(11-15(17)19)14-7-5-12(2)10-13(14)6-8-16(20)21/h5-8,10H,3-4,9,11H2,1-2H3,(H2,17,19)(H,20,21)/b8-6+. The number of carbonyl (C=O) groups excluding carboxylic acids is 1. The van der Waals surface area contributed by atoms with E-state index in [1.807, 2.05) is 30.0 Å². The average molecular weight is 290 g/mol. The maximum absolute atomic E-state index is 11.3. The molecule has 114 valence electrons. The fourth-order valence-electron chi connectivity index (χ4n) is 2.08. The molecule has 0 unspecified atom stereocenters. The van der Waals surface area contributed by atoms with Crippen LogP contribution in [-0.2, 0) is 9.59 Å². The van der Waals surface area contributed by atoms with Crippen molar-refractivity contribution in [2.75, 3.05) is 18.0 Å². The predicted molar refractivity (Wildman–Crippen MR) is 84.2 cm³/mol. The van der Waals surface area contributed by atoms with Crippen LogP contribution in [0.25, 0.3) is 6.08 Å².